The van der Waals surface area contributed by atoms with Crippen LogP contribution in [0.4, 0.5) is 5.13 Å². The SMILES string of the molecule is COCCNCCNC1CC(C(=O)Nc2nc3ccc(-c4cnc(CO[C@H]5CCC[C@@H]5O)nc4)cc3s2)C1. The van der Waals surface area contributed by atoms with Crippen LogP contribution in [0.25, 0.3) is 21.3 Å². The van der Waals surface area contributed by atoms with Crippen LogP contribution in [-0.2, 0) is 20.9 Å². The van der Waals surface area contributed by atoms with E-state index in [-0.39, 0.29) is 24.0 Å². The van der Waals surface area contributed by atoms with Crippen molar-refractivity contribution < 1.29 is 19.4 Å². The van der Waals surface area contributed by atoms with E-state index in [1.54, 1.807) is 19.5 Å². The van der Waals surface area contributed by atoms with Gasteiger partial charge in [-0.2, -0.15) is 0 Å². The number of hydrogen-bond donors (Lipinski definition) is 4. The van der Waals surface area contributed by atoms with E-state index in [0.29, 0.717) is 30.2 Å². The summed E-state index contributed by atoms with van der Waals surface area (Å²) < 4.78 is 11.8. The maximum atomic E-state index is 12.7. The van der Waals surface area contributed by atoms with Crippen molar-refractivity contribution in [2.75, 3.05) is 38.7 Å². The predicted octanol–water partition coefficient (Wildman–Crippen LogP) is 2.73. The molecule has 0 spiro atoms. The molecule has 2 fully saturated rings. The van der Waals surface area contributed by atoms with Gasteiger partial charge in [-0.15, -0.1) is 0 Å². The average molecular weight is 541 g/mol. The van der Waals surface area contributed by atoms with Crippen LogP contribution in [0.15, 0.2) is 30.6 Å². The van der Waals surface area contributed by atoms with Gasteiger partial charge in [0.1, 0.15) is 6.61 Å². The van der Waals surface area contributed by atoms with E-state index in [4.69, 9.17) is 9.47 Å². The molecule has 2 atom stereocenters. The molecule has 4 N–H and O–H groups in total. The summed E-state index contributed by atoms with van der Waals surface area (Å²) in [5, 5.41) is 20.3. The molecule has 5 rings (SSSR count). The quantitative estimate of drug-likeness (QED) is 0.242. The molecule has 2 aliphatic carbocycles. The number of benzene rings is 1. The minimum absolute atomic E-state index is 0.0214. The van der Waals surface area contributed by atoms with Crippen molar-refractivity contribution >= 4 is 32.6 Å². The van der Waals surface area contributed by atoms with Gasteiger partial charge in [-0.25, -0.2) is 15.0 Å². The van der Waals surface area contributed by atoms with Gasteiger partial charge < -0.3 is 30.5 Å². The Bertz CT molecular complexity index is 1200. The van der Waals surface area contributed by atoms with E-state index < -0.39 is 0 Å². The van der Waals surface area contributed by atoms with Crippen LogP contribution in [-0.4, -0.2) is 77.6 Å². The third-order valence-corrected chi connectivity index (χ3v) is 8.16. The van der Waals surface area contributed by atoms with Crippen LogP contribution in [0.1, 0.15) is 37.9 Å². The van der Waals surface area contributed by atoms with E-state index >= 15 is 0 Å². The van der Waals surface area contributed by atoms with Gasteiger partial charge >= 0.3 is 0 Å². The molecule has 10 nitrogen and oxygen atoms in total. The molecule has 2 aliphatic rings. The summed E-state index contributed by atoms with van der Waals surface area (Å²) in [6, 6.07) is 6.39. The topological polar surface area (TPSA) is 131 Å². The van der Waals surface area contributed by atoms with Crippen LogP contribution in [0, 0.1) is 5.92 Å². The number of ether oxygens (including phenoxy) is 2. The lowest BCUT2D eigenvalue weighted by molar-refractivity contribution is -0.122. The van der Waals surface area contributed by atoms with Crippen molar-refractivity contribution in [2.24, 2.45) is 5.92 Å². The fourth-order valence-corrected chi connectivity index (χ4v) is 5.80. The number of amides is 1. The smallest absolute Gasteiger partial charge is 0.229 e. The van der Waals surface area contributed by atoms with Gasteiger partial charge in [0, 0.05) is 56.7 Å². The number of carbonyl (C=O) groups excluding carboxylic acids is 1. The fourth-order valence-electron chi connectivity index (χ4n) is 4.89. The number of aliphatic hydroxyl groups is 1. The highest BCUT2D eigenvalue weighted by molar-refractivity contribution is 7.22. The number of rotatable bonds is 13. The molecule has 0 bridgehead atoms. The van der Waals surface area contributed by atoms with Crippen molar-refractivity contribution in [3.63, 3.8) is 0 Å². The van der Waals surface area contributed by atoms with Crippen molar-refractivity contribution in [3.05, 3.63) is 36.4 Å². The summed E-state index contributed by atoms with van der Waals surface area (Å²) >= 11 is 1.47. The molecule has 0 aliphatic heterocycles. The van der Waals surface area contributed by atoms with Crippen LogP contribution < -0.4 is 16.0 Å². The molecule has 38 heavy (non-hydrogen) atoms. The lowest BCUT2D eigenvalue weighted by Crippen LogP contribution is -2.47. The number of thiazole rings is 1. The maximum Gasteiger partial charge on any atom is 0.229 e. The molecule has 3 aromatic rings. The molecule has 0 radical (unpaired) electrons. The lowest BCUT2D eigenvalue weighted by Gasteiger charge is -2.34. The zero-order valence-electron chi connectivity index (χ0n) is 21.7. The monoisotopic (exact) mass is 540 g/mol. The highest BCUT2D eigenvalue weighted by Gasteiger charge is 2.34. The Hall–Kier alpha value is -2.54. The fraction of sp³-hybridized carbons (Fsp3) is 0.556. The number of aromatic nitrogens is 3. The van der Waals surface area contributed by atoms with Crippen molar-refractivity contribution in [1.29, 1.82) is 0 Å². The van der Waals surface area contributed by atoms with Crippen molar-refractivity contribution in [3.8, 4) is 11.1 Å². The van der Waals surface area contributed by atoms with Crippen LogP contribution in [0.3, 0.4) is 0 Å². The van der Waals surface area contributed by atoms with Gasteiger partial charge in [0.05, 0.1) is 29.0 Å². The Kier molecular flexibility index (Phi) is 9.26. The van der Waals surface area contributed by atoms with Gasteiger partial charge in [-0.3, -0.25) is 4.79 Å². The van der Waals surface area contributed by atoms with Crippen LogP contribution >= 0.6 is 11.3 Å². The largest absolute Gasteiger partial charge is 0.390 e. The molecular formula is C27H36N6O4S. The number of aliphatic hydroxyl groups excluding tert-OH is 1. The molecule has 0 unspecified atom stereocenters. The van der Waals surface area contributed by atoms with E-state index in [1.807, 2.05) is 12.1 Å². The zero-order valence-corrected chi connectivity index (χ0v) is 22.5. The summed E-state index contributed by atoms with van der Waals surface area (Å²) in [5.41, 5.74) is 2.74. The van der Waals surface area contributed by atoms with Crippen molar-refractivity contribution in [1.82, 2.24) is 25.6 Å². The van der Waals surface area contributed by atoms with Crippen LogP contribution in [0.5, 0.6) is 0 Å². The third-order valence-electron chi connectivity index (χ3n) is 7.23. The molecule has 1 amide bonds. The summed E-state index contributed by atoms with van der Waals surface area (Å²) in [7, 11) is 1.70. The minimum atomic E-state index is -0.387. The second kappa shape index (κ2) is 13.0. The first kappa shape index (κ1) is 27.0. The summed E-state index contributed by atoms with van der Waals surface area (Å²) in [4.78, 5) is 26.2. The standard InChI is InChI=1S/C27H36N6O4S/c1-36-10-9-28-7-8-29-20-11-18(12-20)26(35)33-27-32-21-6-5-17(13-24(21)38-27)19-14-30-25(31-15-19)16-37-23-4-2-3-22(23)34/h5-6,13-15,18,20,22-23,28-29,34H,2-4,7-12,16H2,1H3,(H,32,33,35)/t18?,20?,22-,23-/m0/s1. The molecule has 0 saturated heterocycles. The first-order valence-corrected chi connectivity index (χ1v) is 14.2. The number of nitrogens with zero attached hydrogens (tertiary/aromatic N) is 3. The molecule has 204 valence electrons. The molecule has 2 aromatic heterocycles. The van der Waals surface area contributed by atoms with Gasteiger partial charge in [-0.05, 0) is 49.8 Å². The van der Waals surface area contributed by atoms with Gasteiger partial charge in [0.25, 0.3) is 0 Å². The first-order chi connectivity index (χ1) is 18.6. The van der Waals surface area contributed by atoms with Gasteiger partial charge in [-0.1, -0.05) is 17.4 Å². The number of carbonyl (C=O) groups is 1. The summed E-state index contributed by atoms with van der Waals surface area (Å²) in [5.74, 6) is 0.661. The molecule has 2 saturated carbocycles. The van der Waals surface area contributed by atoms with Gasteiger partial charge in [0.2, 0.25) is 5.91 Å². The Morgan fingerprint density at radius 2 is 1.97 bits per heavy atom. The highest BCUT2D eigenvalue weighted by atomic mass is 32.1. The Balaban J connectivity index is 1.09. The molecular weight excluding hydrogens is 504 g/mol. The Morgan fingerprint density at radius 1 is 1.13 bits per heavy atom. The predicted molar refractivity (Wildman–Crippen MR) is 147 cm³/mol. The van der Waals surface area contributed by atoms with E-state index in [2.05, 4.69) is 37.0 Å². The lowest BCUT2D eigenvalue weighted by atomic mass is 9.79. The second-order valence-corrected chi connectivity index (χ2v) is 11.0. The number of methoxy groups -OCH3 is 1. The van der Waals surface area contributed by atoms with Gasteiger partial charge in [0.15, 0.2) is 11.0 Å². The number of nitrogens with one attached hydrogen (secondary N) is 3. The highest BCUT2D eigenvalue weighted by Crippen LogP contribution is 2.33. The average Bonchev–Trinajstić information content (AvgIpc) is 3.50. The zero-order chi connectivity index (χ0) is 26.3. The molecule has 11 heteroatoms. The van der Waals surface area contributed by atoms with E-state index in [9.17, 15) is 9.90 Å². The normalized spacial score (nSPS) is 23.0. The maximum absolute atomic E-state index is 12.7. The number of fused-ring (bicyclic) bond motifs is 1. The minimum Gasteiger partial charge on any atom is -0.390 e. The summed E-state index contributed by atoms with van der Waals surface area (Å²) in [6.45, 7) is 3.63. The van der Waals surface area contributed by atoms with Crippen molar-refractivity contribution in [2.45, 2.75) is 57.0 Å². The third kappa shape index (κ3) is 6.90. The molecule has 1 aromatic carbocycles. The van der Waals surface area contributed by atoms with E-state index in [0.717, 1.165) is 73.1 Å². The number of anilines is 1. The second-order valence-electron chi connectivity index (χ2n) is 9.99. The first-order valence-electron chi connectivity index (χ1n) is 13.3. The Labute approximate surface area is 226 Å². The molecule has 2 heterocycles. The van der Waals surface area contributed by atoms with E-state index in [1.165, 1.54) is 11.3 Å². The summed E-state index contributed by atoms with van der Waals surface area (Å²) in [6.07, 6.45) is 7.43. The number of hydrogen-bond acceptors (Lipinski definition) is 10. The Morgan fingerprint density at radius 3 is 2.74 bits per heavy atom. The van der Waals surface area contributed by atoms with Crippen LogP contribution in [0.2, 0.25) is 0 Å².